The normalized spacial score (nSPS) is 12.1. The second-order valence-electron chi connectivity index (χ2n) is 18.1. The number of nitrogens with zero attached hydrogens (tertiary/aromatic N) is 6. The number of rotatable bonds is 5. The molecule has 0 atom stereocenters. The van der Waals surface area contributed by atoms with Crippen LogP contribution in [0.3, 0.4) is 0 Å². The fraction of sp³-hybridized carbons (Fsp3) is 0.0159. The lowest BCUT2D eigenvalue weighted by atomic mass is 9.95. The number of alkyl halides is 3. The molecule has 4 heterocycles. The Hall–Kier alpha value is -9.83. The number of benzene rings is 10. The van der Waals surface area contributed by atoms with Gasteiger partial charge in [0.15, 0.2) is 5.69 Å². The summed E-state index contributed by atoms with van der Waals surface area (Å²) in [5.41, 5.74) is 9.76. The number of hydrogen-bond acceptors (Lipinski definition) is 1. The molecule has 14 aromatic rings. The first kappa shape index (κ1) is 41.2. The highest BCUT2D eigenvalue weighted by atomic mass is 19.4. The maximum Gasteiger partial charge on any atom is 0.415 e. The number of para-hydroxylation sites is 6. The van der Waals surface area contributed by atoms with Crippen LogP contribution in [0.4, 0.5) is 18.9 Å². The van der Waals surface area contributed by atoms with Gasteiger partial charge in [0.05, 0.1) is 62.1 Å². The molecule has 0 amide bonds. The summed E-state index contributed by atoms with van der Waals surface area (Å²) in [5, 5.41) is 19.8. The van der Waals surface area contributed by atoms with Crippen LogP contribution in [0, 0.1) is 17.9 Å². The zero-order chi connectivity index (χ0) is 48.4. The molecule has 72 heavy (non-hydrogen) atoms. The highest BCUT2D eigenvalue weighted by Gasteiger charge is 2.33. The van der Waals surface area contributed by atoms with Crippen molar-refractivity contribution in [3.8, 4) is 39.9 Å². The van der Waals surface area contributed by atoms with Gasteiger partial charge in [-0.3, -0.25) is 0 Å². The van der Waals surface area contributed by atoms with E-state index < -0.39 is 11.7 Å². The summed E-state index contributed by atoms with van der Waals surface area (Å²) in [6.45, 7) is 7.99. The van der Waals surface area contributed by atoms with Crippen molar-refractivity contribution in [2.45, 2.75) is 6.18 Å². The number of hydrogen-bond donors (Lipinski definition) is 0. The molecule has 0 aliphatic rings. The summed E-state index contributed by atoms with van der Waals surface area (Å²) < 4.78 is 53.5. The standard InChI is InChI=1S/C63H35F3N6/c1-68-40-35-38(34-39(36-40)63(64,65)66)43-28-31-55(71-51-24-12-8-20-44(51)46-29-32-56-58(61(46)71)48-22-10-14-26-53(48)69(56)41-16-4-2-5-17-41)50(37-67)60(43)72-52-25-13-9-21-45(52)47-30-33-57-59(62(47)72)49-23-11-15-27-54(49)70(57)42-18-6-3-7-19-42/h2-36H. The van der Waals surface area contributed by atoms with E-state index in [0.29, 0.717) is 16.9 Å². The lowest BCUT2D eigenvalue weighted by molar-refractivity contribution is -0.137. The van der Waals surface area contributed by atoms with Gasteiger partial charge in [0.1, 0.15) is 11.6 Å². The molecule has 6 nitrogen and oxygen atoms in total. The van der Waals surface area contributed by atoms with E-state index in [1.54, 1.807) is 0 Å². The number of nitriles is 1. The maximum absolute atomic E-state index is 14.9. The van der Waals surface area contributed by atoms with Crippen LogP contribution in [0.5, 0.6) is 0 Å². The van der Waals surface area contributed by atoms with Crippen molar-refractivity contribution in [1.82, 2.24) is 18.3 Å². The van der Waals surface area contributed by atoms with Crippen molar-refractivity contribution in [2.75, 3.05) is 0 Å². The van der Waals surface area contributed by atoms with Gasteiger partial charge in [-0.05, 0) is 90.5 Å². The highest BCUT2D eigenvalue weighted by molar-refractivity contribution is 6.28. The first-order valence-electron chi connectivity index (χ1n) is 23.5. The molecule has 10 aromatic carbocycles. The Balaban J connectivity index is 1.20. The largest absolute Gasteiger partial charge is 0.415 e. The summed E-state index contributed by atoms with van der Waals surface area (Å²) in [4.78, 5) is 3.55. The van der Waals surface area contributed by atoms with E-state index in [1.165, 1.54) is 6.07 Å². The number of aromatic nitrogens is 4. The van der Waals surface area contributed by atoms with E-state index >= 15 is 0 Å². The van der Waals surface area contributed by atoms with E-state index in [0.717, 1.165) is 111 Å². The van der Waals surface area contributed by atoms with E-state index in [4.69, 9.17) is 6.57 Å². The SMILES string of the molecule is [C-]#[N+]c1cc(-c2ccc(-n3c4ccccc4c4ccc5c(c6ccccc6n5-c5ccccc5)c43)c(C#N)c2-n2c3ccccc3c3ccc4c(c5ccccc5n4-c4ccccc4)c32)cc(C(F)(F)F)c1. The van der Waals surface area contributed by atoms with Crippen LogP contribution in [-0.4, -0.2) is 18.3 Å². The van der Waals surface area contributed by atoms with Gasteiger partial charge in [-0.2, -0.15) is 18.4 Å². The Morgan fingerprint density at radius 2 is 0.889 bits per heavy atom. The average molecular weight is 933 g/mol. The number of halogens is 3. The van der Waals surface area contributed by atoms with Gasteiger partial charge in [0, 0.05) is 65.6 Å². The predicted molar refractivity (Wildman–Crippen MR) is 285 cm³/mol. The highest BCUT2D eigenvalue weighted by Crippen LogP contribution is 2.48. The lowest BCUT2D eigenvalue weighted by Crippen LogP contribution is -2.08. The summed E-state index contributed by atoms with van der Waals surface area (Å²) in [5.74, 6) is 0. The minimum atomic E-state index is -4.75. The van der Waals surface area contributed by atoms with Gasteiger partial charge < -0.3 is 18.3 Å². The molecule has 9 heteroatoms. The summed E-state index contributed by atoms with van der Waals surface area (Å²) >= 11 is 0. The average Bonchev–Trinajstić information content (AvgIpc) is 4.16. The molecular weight excluding hydrogens is 898 g/mol. The minimum absolute atomic E-state index is 0.161. The molecule has 14 rings (SSSR count). The first-order valence-corrected chi connectivity index (χ1v) is 23.5. The topological polar surface area (TPSA) is 47.9 Å². The van der Waals surface area contributed by atoms with Crippen LogP contribution < -0.4 is 0 Å². The minimum Gasteiger partial charge on any atom is -0.309 e. The van der Waals surface area contributed by atoms with Crippen molar-refractivity contribution in [2.24, 2.45) is 0 Å². The molecule has 0 saturated carbocycles. The van der Waals surface area contributed by atoms with E-state index in [1.807, 2.05) is 103 Å². The fourth-order valence-corrected chi connectivity index (χ4v) is 11.5. The molecule has 0 aliphatic heterocycles. The van der Waals surface area contributed by atoms with Crippen LogP contribution in [0.2, 0.25) is 0 Å². The van der Waals surface area contributed by atoms with Crippen LogP contribution in [0.1, 0.15) is 11.1 Å². The Labute approximate surface area is 408 Å². The molecule has 4 aromatic heterocycles. The summed E-state index contributed by atoms with van der Waals surface area (Å²) in [6, 6.07) is 71.5. The molecule has 0 saturated heterocycles. The third-order valence-corrected chi connectivity index (χ3v) is 14.4. The van der Waals surface area contributed by atoms with Crippen molar-refractivity contribution in [1.29, 1.82) is 5.26 Å². The van der Waals surface area contributed by atoms with Crippen molar-refractivity contribution >= 4 is 92.9 Å². The molecule has 0 unspecified atom stereocenters. The molecule has 0 bridgehead atoms. The quantitative estimate of drug-likeness (QED) is 0.159. The van der Waals surface area contributed by atoms with E-state index in [-0.39, 0.29) is 16.8 Å². The molecule has 0 N–H and O–H groups in total. The second-order valence-corrected chi connectivity index (χ2v) is 18.1. The molecule has 0 radical (unpaired) electrons. The lowest BCUT2D eigenvalue weighted by Gasteiger charge is -2.21. The van der Waals surface area contributed by atoms with Crippen LogP contribution in [0.25, 0.3) is 126 Å². The van der Waals surface area contributed by atoms with Crippen LogP contribution >= 0.6 is 0 Å². The number of fused-ring (bicyclic) bond motifs is 14. The second kappa shape index (κ2) is 15.3. The summed E-state index contributed by atoms with van der Waals surface area (Å²) in [6.07, 6.45) is -4.75. The van der Waals surface area contributed by atoms with Gasteiger partial charge in [0.2, 0.25) is 0 Å². The van der Waals surface area contributed by atoms with E-state index in [9.17, 15) is 18.4 Å². The predicted octanol–water partition coefficient (Wildman–Crippen LogP) is 17.2. The van der Waals surface area contributed by atoms with Crippen molar-refractivity contribution in [3.05, 3.63) is 235 Å². The summed E-state index contributed by atoms with van der Waals surface area (Å²) in [7, 11) is 0. The zero-order valence-electron chi connectivity index (χ0n) is 38.0. The smallest absolute Gasteiger partial charge is 0.309 e. The Morgan fingerprint density at radius 1 is 0.431 bits per heavy atom. The van der Waals surface area contributed by atoms with E-state index in [2.05, 4.69) is 120 Å². The Bertz CT molecular complexity index is 4690. The van der Waals surface area contributed by atoms with Gasteiger partial charge in [0.25, 0.3) is 0 Å². The van der Waals surface area contributed by atoms with Gasteiger partial charge in [-0.25, -0.2) is 4.85 Å². The monoisotopic (exact) mass is 932 g/mol. The van der Waals surface area contributed by atoms with Gasteiger partial charge in [-0.1, -0.05) is 127 Å². The Kier molecular flexibility index (Phi) is 8.77. The molecule has 0 aliphatic carbocycles. The third-order valence-electron chi connectivity index (χ3n) is 14.4. The first-order chi connectivity index (χ1) is 35.3. The maximum atomic E-state index is 14.9. The van der Waals surface area contributed by atoms with Crippen LogP contribution in [-0.2, 0) is 6.18 Å². The van der Waals surface area contributed by atoms with Crippen molar-refractivity contribution in [3.63, 3.8) is 0 Å². The Morgan fingerprint density at radius 3 is 1.39 bits per heavy atom. The zero-order valence-corrected chi connectivity index (χ0v) is 38.0. The van der Waals surface area contributed by atoms with Crippen molar-refractivity contribution < 1.29 is 13.2 Å². The van der Waals surface area contributed by atoms with Gasteiger partial charge in [-0.15, -0.1) is 0 Å². The molecule has 0 spiro atoms. The fourth-order valence-electron chi connectivity index (χ4n) is 11.5. The molecular formula is C63H35F3N6. The van der Waals surface area contributed by atoms with Crippen LogP contribution in [0.15, 0.2) is 212 Å². The third kappa shape index (κ3) is 5.76. The molecule has 0 fully saturated rings. The van der Waals surface area contributed by atoms with Gasteiger partial charge >= 0.3 is 6.18 Å². The molecule has 338 valence electrons.